The van der Waals surface area contributed by atoms with Gasteiger partial charge in [0, 0.05) is 5.56 Å². The van der Waals surface area contributed by atoms with Crippen molar-refractivity contribution in [1.82, 2.24) is 5.32 Å². The van der Waals surface area contributed by atoms with Gasteiger partial charge in [-0.2, -0.15) is 0 Å². The molecule has 0 aliphatic rings. The summed E-state index contributed by atoms with van der Waals surface area (Å²) in [6.07, 6.45) is -0.751. The van der Waals surface area contributed by atoms with Crippen LogP contribution in [-0.4, -0.2) is 19.0 Å². The van der Waals surface area contributed by atoms with Crippen molar-refractivity contribution >= 4 is 11.9 Å². The zero-order chi connectivity index (χ0) is 10.6. The second-order valence-electron chi connectivity index (χ2n) is 2.50. The van der Waals surface area contributed by atoms with Crippen LogP contribution in [0.5, 0.6) is 0 Å². The van der Waals surface area contributed by atoms with Crippen molar-refractivity contribution in [2.24, 2.45) is 0 Å². The Morgan fingerprint density at radius 3 is 2.86 bits per heavy atom. The Kier molecular flexibility index (Phi) is 3.17. The lowest BCUT2D eigenvalue weighted by Gasteiger charge is -2.04. The minimum atomic E-state index is -0.751. The maximum atomic E-state index is 12.7. The van der Waals surface area contributed by atoms with Crippen molar-refractivity contribution in [1.29, 1.82) is 5.41 Å². The highest BCUT2D eigenvalue weighted by atomic mass is 19.1. The Balaban J connectivity index is 2.75. The SMILES string of the molecule is COC(=O)NC(=N)c1cccc(F)c1. The van der Waals surface area contributed by atoms with Crippen LogP contribution in [0, 0.1) is 11.2 Å². The average molecular weight is 196 g/mol. The molecule has 0 aromatic heterocycles. The van der Waals surface area contributed by atoms with E-state index >= 15 is 0 Å². The number of halogens is 1. The third-order valence-electron chi connectivity index (χ3n) is 1.53. The molecule has 0 fully saturated rings. The predicted molar refractivity (Wildman–Crippen MR) is 48.8 cm³/mol. The van der Waals surface area contributed by atoms with E-state index in [0.29, 0.717) is 0 Å². The van der Waals surface area contributed by atoms with Crippen LogP contribution in [-0.2, 0) is 4.74 Å². The fraction of sp³-hybridized carbons (Fsp3) is 0.111. The summed E-state index contributed by atoms with van der Waals surface area (Å²) in [6.45, 7) is 0. The quantitative estimate of drug-likeness (QED) is 0.528. The van der Waals surface area contributed by atoms with E-state index in [4.69, 9.17) is 5.41 Å². The average Bonchev–Trinajstić information content (AvgIpc) is 2.17. The van der Waals surface area contributed by atoms with Gasteiger partial charge in [0.05, 0.1) is 7.11 Å². The highest BCUT2D eigenvalue weighted by molar-refractivity contribution is 6.04. The van der Waals surface area contributed by atoms with E-state index in [-0.39, 0.29) is 11.4 Å². The van der Waals surface area contributed by atoms with E-state index in [1.54, 1.807) is 0 Å². The van der Waals surface area contributed by atoms with Gasteiger partial charge in [-0.3, -0.25) is 10.7 Å². The molecule has 1 aromatic rings. The highest BCUT2D eigenvalue weighted by Gasteiger charge is 2.06. The molecule has 1 aromatic carbocycles. The summed E-state index contributed by atoms with van der Waals surface area (Å²) >= 11 is 0. The highest BCUT2D eigenvalue weighted by Crippen LogP contribution is 2.02. The zero-order valence-corrected chi connectivity index (χ0v) is 7.50. The lowest BCUT2D eigenvalue weighted by molar-refractivity contribution is 0.177. The number of rotatable bonds is 1. The molecule has 0 unspecified atom stereocenters. The Bertz CT molecular complexity index is 366. The summed E-state index contributed by atoms with van der Waals surface area (Å²) < 4.78 is 17.0. The van der Waals surface area contributed by atoms with Crippen molar-refractivity contribution in [3.63, 3.8) is 0 Å². The minimum absolute atomic E-state index is 0.198. The number of hydrogen-bond donors (Lipinski definition) is 2. The number of hydrogen-bond acceptors (Lipinski definition) is 3. The molecule has 0 radical (unpaired) electrons. The molecule has 2 N–H and O–H groups in total. The smallest absolute Gasteiger partial charge is 0.412 e. The molecule has 0 spiro atoms. The van der Waals surface area contributed by atoms with Crippen molar-refractivity contribution < 1.29 is 13.9 Å². The van der Waals surface area contributed by atoms with E-state index in [0.717, 1.165) is 6.07 Å². The molecule has 0 aliphatic heterocycles. The van der Waals surface area contributed by atoms with Crippen molar-refractivity contribution in [2.75, 3.05) is 7.11 Å². The molecule has 4 nitrogen and oxygen atoms in total. The zero-order valence-electron chi connectivity index (χ0n) is 7.50. The van der Waals surface area contributed by atoms with Gasteiger partial charge in [0.2, 0.25) is 0 Å². The standard InChI is InChI=1S/C9H9FN2O2/c1-14-9(13)12-8(11)6-3-2-4-7(10)5-6/h2-5H,1H3,(H2,11,12,13). The van der Waals surface area contributed by atoms with E-state index < -0.39 is 11.9 Å². The van der Waals surface area contributed by atoms with E-state index in [2.05, 4.69) is 10.1 Å². The molecule has 14 heavy (non-hydrogen) atoms. The van der Waals surface area contributed by atoms with Gasteiger partial charge in [0.15, 0.2) is 0 Å². The molecule has 0 atom stereocenters. The van der Waals surface area contributed by atoms with Gasteiger partial charge in [-0.15, -0.1) is 0 Å². The molecule has 0 saturated heterocycles. The van der Waals surface area contributed by atoms with Crippen molar-refractivity contribution in [3.8, 4) is 0 Å². The van der Waals surface area contributed by atoms with Gasteiger partial charge in [-0.1, -0.05) is 12.1 Å². The van der Waals surface area contributed by atoms with E-state index in [1.807, 2.05) is 0 Å². The van der Waals surface area contributed by atoms with Crippen LogP contribution >= 0.6 is 0 Å². The third-order valence-corrected chi connectivity index (χ3v) is 1.53. The van der Waals surface area contributed by atoms with Crippen LogP contribution in [0.4, 0.5) is 9.18 Å². The molecule has 0 bridgehead atoms. The number of amides is 1. The lowest BCUT2D eigenvalue weighted by atomic mass is 10.2. The first-order valence-corrected chi connectivity index (χ1v) is 3.83. The maximum Gasteiger partial charge on any atom is 0.412 e. The number of ether oxygens (including phenoxy) is 1. The summed E-state index contributed by atoms with van der Waals surface area (Å²) in [7, 11) is 1.19. The topological polar surface area (TPSA) is 62.2 Å². The second-order valence-corrected chi connectivity index (χ2v) is 2.50. The molecule has 0 aliphatic carbocycles. The number of methoxy groups -OCH3 is 1. The maximum absolute atomic E-state index is 12.7. The lowest BCUT2D eigenvalue weighted by Crippen LogP contribution is -2.30. The Labute approximate surface area is 80.2 Å². The number of nitrogens with one attached hydrogen (secondary N) is 2. The van der Waals surface area contributed by atoms with Crippen molar-refractivity contribution in [3.05, 3.63) is 35.6 Å². The first kappa shape index (κ1) is 10.2. The monoisotopic (exact) mass is 196 g/mol. The molecular weight excluding hydrogens is 187 g/mol. The van der Waals surface area contributed by atoms with E-state index in [1.165, 1.54) is 25.3 Å². The minimum Gasteiger partial charge on any atom is -0.453 e. The Hall–Kier alpha value is -1.91. The van der Waals surface area contributed by atoms with Crippen LogP contribution in [0.15, 0.2) is 24.3 Å². The normalized spacial score (nSPS) is 9.29. The van der Waals surface area contributed by atoms with Crippen LogP contribution in [0.1, 0.15) is 5.56 Å². The van der Waals surface area contributed by atoms with Gasteiger partial charge in [0.1, 0.15) is 11.7 Å². The van der Waals surface area contributed by atoms with E-state index in [9.17, 15) is 9.18 Å². The fourth-order valence-corrected chi connectivity index (χ4v) is 0.869. The van der Waals surface area contributed by atoms with Crippen LogP contribution in [0.3, 0.4) is 0 Å². The number of benzene rings is 1. The van der Waals surface area contributed by atoms with Gasteiger partial charge < -0.3 is 4.74 Å². The number of carbonyl (C=O) groups excluding carboxylic acids is 1. The predicted octanol–water partition coefficient (Wildman–Crippen LogP) is 1.51. The molecule has 74 valence electrons. The summed E-state index contributed by atoms with van der Waals surface area (Å²) in [5, 5.41) is 9.51. The molecule has 1 amide bonds. The Morgan fingerprint density at radius 2 is 2.29 bits per heavy atom. The first-order chi connectivity index (χ1) is 6.63. The van der Waals surface area contributed by atoms with Crippen molar-refractivity contribution in [2.45, 2.75) is 0 Å². The van der Waals surface area contributed by atoms with Gasteiger partial charge in [-0.25, -0.2) is 9.18 Å². The third kappa shape index (κ3) is 2.55. The first-order valence-electron chi connectivity index (χ1n) is 3.83. The van der Waals surface area contributed by atoms with Gasteiger partial charge in [-0.05, 0) is 12.1 Å². The van der Waals surface area contributed by atoms with Gasteiger partial charge >= 0.3 is 6.09 Å². The molecule has 0 heterocycles. The van der Waals surface area contributed by atoms with Gasteiger partial charge in [0.25, 0.3) is 0 Å². The number of carbonyl (C=O) groups is 1. The fourth-order valence-electron chi connectivity index (χ4n) is 0.869. The van der Waals surface area contributed by atoms with Crippen LogP contribution in [0.25, 0.3) is 0 Å². The number of amidine groups is 1. The largest absolute Gasteiger partial charge is 0.453 e. The number of alkyl carbamates (subject to hydrolysis) is 1. The summed E-state index contributed by atoms with van der Waals surface area (Å²) in [4.78, 5) is 10.7. The van der Waals surface area contributed by atoms with Crippen LogP contribution in [0.2, 0.25) is 0 Å². The van der Waals surface area contributed by atoms with Crippen LogP contribution < -0.4 is 5.32 Å². The second kappa shape index (κ2) is 4.36. The molecule has 1 rings (SSSR count). The summed E-state index contributed by atoms with van der Waals surface area (Å²) in [5.41, 5.74) is 0.287. The Morgan fingerprint density at radius 1 is 1.57 bits per heavy atom. The summed E-state index contributed by atoms with van der Waals surface area (Å²) in [5.74, 6) is -0.657. The summed E-state index contributed by atoms with van der Waals surface area (Å²) in [6, 6.07) is 5.38. The molecular formula is C9H9FN2O2. The molecule has 5 heteroatoms. The molecule has 0 saturated carbocycles.